The molecule has 1 unspecified atom stereocenters. The van der Waals surface area contributed by atoms with Crippen LogP contribution in [-0.4, -0.2) is 16.1 Å². The van der Waals surface area contributed by atoms with Crippen LogP contribution in [0, 0.1) is 0 Å². The van der Waals surface area contributed by atoms with Crippen LogP contribution in [-0.2, 0) is 4.79 Å². The third-order valence-electron chi connectivity index (χ3n) is 2.19. The molecule has 0 bridgehead atoms. The maximum Gasteiger partial charge on any atom is 0.327 e. The number of aliphatic carboxylic acids is 1. The Morgan fingerprint density at radius 2 is 2.06 bits per heavy atom. The molecule has 0 aliphatic carbocycles. The third-order valence-corrected chi connectivity index (χ3v) is 3.37. The standard InChI is InChI=1S/C11H9ClN2O2S/c12-7-3-1-6(2-4-7)8-5-17-10(14-8)9(13)11(15)16/h1-5,9H,13H2,(H,15,16). The van der Waals surface area contributed by atoms with Gasteiger partial charge in [-0.3, -0.25) is 4.79 Å². The molecular weight excluding hydrogens is 260 g/mol. The van der Waals surface area contributed by atoms with Crippen LogP contribution in [0.4, 0.5) is 0 Å². The molecule has 0 spiro atoms. The van der Waals surface area contributed by atoms with Crippen LogP contribution < -0.4 is 5.73 Å². The van der Waals surface area contributed by atoms with Crippen LogP contribution in [0.2, 0.25) is 5.02 Å². The van der Waals surface area contributed by atoms with Crippen LogP contribution in [0.1, 0.15) is 11.0 Å². The Morgan fingerprint density at radius 3 is 2.65 bits per heavy atom. The van der Waals surface area contributed by atoms with Gasteiger partial charge in [0.2, 0.25) is 0 Å². The van der Waals surface area contributed by atoms with E-state index >= 15 is 0 Å². The average Bonchev–Trinajstić information content (AvgIpc) is 2.78. The number of nitrogens with zero attached hydrogens (tertiary/aromatic N) is 1. The Bertz CT molecular complexity index is 539. The number of halogens is 1. The molecule has 0 saturated heterocycles. The van der Waals surface area contributed by atoms with Crippen molar-refractivity contribution in [2.75, 3.05) is 0 Å². The molecule has 0 amide bonds. The Kier molecular flexibility index (Phi) is 3.42. The van der Waals surface area contributed by atoms with Gasteiger partial charge in [-0.05, 0) is 12.1 Å². The molecule has 4 nitrogen and oxygen atoms in total. The topological polar surface area (TPSA) is 76.2 Å². The van der Waals surface area contributed by atoms with Crippen LogP contribution in [0.5, 0.6) is 0 Å². The highest BCUT2D eigenvalue weighted by Gasteiger charge is 2.18. The first-order chi connectivity index (χ1) is 8.08. The minimum atomic E-state index is -1.08. The summed E-state index contributed by atoms with van der Waals surface area (Å²) in [7, 11) is 0. The van der Waals surface area contributed by atoms with E-state index in [1.807, 2.05) is 12.1 Å². The highest BCUT2D eigenvalue weighted by molar-refractivity contribution is 7.10. The van der Waals surface area contributed by atoms with Gasteiger partial charge in [0.15, 0.2) is 6.04 Å². The van der Waals surface area contributed by atoms with Gasteiger partial charge < -0.3 is 10.8 Å². The second-order valence-corrected chi connectivity index (χ2v) is 4.72. The van der Waals surface area contributed by atoms with Crippen molar-refractivity contribution < 1.29 is 9.90 Å². The lowest BCUT2D eigenvalue weighted by Crippen LogP contribution is -2.20. The second-order valence-electron chi connectivity index (χ2n) is 3.39. The van der Waals surface area contributed by atoms with Crippen molar-refractivity contribution in [2.24, 2.45) is 5.73 Å². The van der Waals surface area contributed by atoms with Crippen LogP contribution in [0.25, 0.3) is 11.3 Å². The van der Waals surface area contributed by atoms with E-state index in [2.05, 4.69) is 4.98 Å². The quantitative estimate of drug-likeness (QED) is 0.897. The molecule has 0 aliphatic heterocycles. The van der Waals surface area contributed by atoms with E-state index in [9.17, 15) is 4.79 Å². The van der Waals surface area contributed by atoms with Gasteiger partial charge in [0, 0.05) is 16.0 Å². The van der Waals surface area contributed by atoms with E-state index in [0.717, 1.165) is 5.56 Å². The number of nitrogens with two attached hydrogens (primary N) is 1. The normalized spacial score (nSPS) is 12.4. The van der Waals surface area contributed by atoms with Gasteiger partial charge in [0.1, 0.15) is 5.01 Å². The molecule has 88 valence electrons. The average molecular weight is 269 g/mol. The summed E-state index contributed by atoms with van der Waals surface area (Å²) in [5.41, 5.74) is 7.07. The predicted molar refractivity (Wildman–Crippen MR) is 67.1 cm³/mol. The maximum absolute atomic E-state index is 10.7. The number of rotatable bonds is 3. The van der Waals surface area contributed by atoms with Crippen LogP contribution in [0.3, 0.4) is 0 Å². The zero-order valence-electron chi connectivity index (χ0n) is 8.63. The van der Waals surface area contributed by atoms with Crippen molar-refractivity contribution in [3.8, 4) is 11.3 Å². The summed E-state index contributed by atoms with van der Waals surface area (Å²) in [4.78, 5) is 14.9. The number of carboxylic acids is 1. The number of hydrogen-bond acceptors (Lipinski definition) is 4. The van der Waals surface area contributed by atoms with Crippen molar-refractivity contribution in [3.63, 3.8) is 0 Å². The summed E-state index contributed by atoms with van der Waals surface area (Å²) in [5, 5.41) is 11.6. The van der Waals surface area contributed by atoms with E-state index in [-0.39, 0.29) is 0 Å². The highest BCUT2D eigenvalue weighted by atomic mass is 35.5. The molecule has 17 heavy (non-hydrogen) atoms. The molecular formula is C11H9ClN2O2S. The number of carboxylic acid groups (broad SMARTS) is 1. The lowest BCUT2D eigenvalue weighted by atomic mass is 10.2. The smallest absolute Gasteiger partial charge is 0.327 e. The summed E-state index contributed by atoms with van der Waals surface area (Å²) in [6.45, 7) is 0. The molecule has 1 atom stereocenters. The molecule has 1 aromatic heterocycles. The molecule has 6 heteroatoms. The lowest BCUT2D eigenvalue weighted by molar-refractivity contribution is -0.138. The minimum absolute atomic E-state index is 0.391. The summed E-state index contributed by atoms with van der Waals surface area (Å²) >= 11 is 7.02. The van der Waals surface area contributed by atoms with Gasteiger partial charge in [0.25, 0.3) is 0 Å². The first-order valence-corrected chi connectivity index (χ1v) is 6.03. The molecule has 2 aromatic rings. The number of carbonyl (C=O) groups is 1. The number of aromatic nitrogens is 1. The fraction of sp³-hybridized carbons (Fsp3) is 0.0909. The second kappa shape index (κ2) is 4.83. The third kappa shape index (κ3) is 2.63. The van der Waals surface area contributed by atoms with Crippen LogP contribution >= 0.6 is 22.9 Å². The molecule has 2 rings (SSSR count). The molecule has 1 heterocycles. The maximum atomic E-state index is 10.7. The molecule has 1 aromatic carbocycles. The number of hydrogen-bond donors (Lipinski definition) is 2. The van der Waals surface area contributed by atoms with Gasteiger partial charge >= 0.3 is 5.97 Å². The van der Waals surface area contributed by atoms with Gasteiger partial charge in [0.05, 0.1) is 5.69 Å². The zero-order valence-corrected chi connectivity index (χ0v) is 10.2. The molecule has 0 aliphatic rings. The van der Waals surface area contributed by atoms with E-state index in [0.29, 0.717) is 15.7 Å². The minimum Gasteiger partial charge on any atom is -0.480 e. The van der Waals surface area contributed by atoms with E-state index in [1.165, 1.54) is 11.3 Å². The van der Waals surface area contributed by atoms with Gasteiger partial charge in [-0.2, -0.15) is 0 Å². The predicted octanol–water partition coefficient (Wildman–Crippen LogP) is 2.55. The molecule has 0 radical (unpaired) electrons. The highest BCUT2D eigenvalue weighted by Crippen LogP contribution is 2.25. The van der Waals surface area contributed by atoms with E-state index in [4.69, 9.17) is 22.4 Å². The summed E-state index contributed by atoms with van der Waals surface area (Å²) in [6, 6.07) is 6.10. The summed E-state index contributed by atoms with van der Waals surface area (Å²) in [6.07, 6.45) is 0. The van der Waals surface area contributed by atoms with Gasteiger partial charge in [-0.1, -0.05) is 23.7 Å². The fourth-order valence-corrected chi connectivity index (χ4v) is 2.23. The Balaban J connectivity index is 2.29. The fourth-order valence-electron chi connectivity index (χ4n) is 1.29. The van der Waals surface area contributed by atoms with Crippen molar-refractivity contribution in [1.82, 2.24) is 4.98 Å². The Labute approximate surface area is 107 Å². The first-order valence-electron chi connectivity index (χ1n) is 4.77. The SMILES string of the molecule is NC(C(=O)O)c1nc(-c2ccc(Cl)cc2)cs1. The summed E-state index contributed by atoms with van der Waals surface area (Å²) in [5.74, 6) is -1.08. The van der Waals surface area contributed by atoms with Crippen molar-refractivity contribution in [1.29, 1.82) is 0 Å². The van der Waals surface area contributed by atoms with Crippen molar-refractivity contribution in [3.05, 3.63) is 39.7 Å². The van der Waals surface area contributed by atoms with Crippen LogP contribution in [0.15, 0.2) is 29.6 Å². The lowest BCUT2D eigenvalue weighted by Gasteiger charge is -2.00. The van der Waals surface area contributed by atoms with Crippen molar-refractivity contribution >= 4 is 28.9 Å². The monoisotopic (exact) mass is 268 g/mol. The zero-order chi connectivity index (χ0) is 12.4. The van der Waals surface area contributed by atoms with Crippen molar-refractivity contribution in [2.45, 2.75) is 6.04 Å². The molecule has 3 N–H and O–H groups in total. The number of benzene rings is 1. The van der Waals surface area contributed by atoms with E-state index < -0.39 is 12.0 Å². The summed E-state index contributed by atoms with van der Waals surface area (Å²) < 4.78 is 0. The largest absolute Gasteiger partial charge is 0.480 e. The Morgan fingerprint density at radius 1 is 1.41 bits per heavy atom. The van der Waals surface area contributed by atoms with E-state index in [1.54, 1.807) is 17.5 Å². The Hall–Kier alpha value is -1.43. The molecule has 0 saturated carbocycles. The van der Waals surface area contributed by atoms with Gasteiger partial charge in [-0.25, -0.2) is 4.98 Å². The first kappa shape index (κ1) is 12.0. The number of thiazole rings is 1. The van der Waals surface area contributed by atoms with Gasteiger partial charge in [-0.15, -0.1) is 11.3 Å². The molecule has 0 fully saturated rings.